The standard InChI is InChI=1S/C14H19NO3/c1-2-18-12-7-5-11(6-8-12)13(14(16)17)15-9-3-4-10-15/h5-8,13H,2-4,9-10H2,1H3,(H,16,17). The molecule has 4 nitrogen and oxygen atoms in total. The number of hydrogen-bond donors (Lipinski definition) is 1. The Balaban J connectivity index is 2.17. The zero-order valence-electron chi connectivity index (χ0n) is 10.6. The van der Waals surface area contributed by atoms with Crippen LogP contribution in [0.15, 0.2) is 24.3 Å². The number of carboxylic acid groups (broad SMARTS) is 1. The van der Waals surface area contributed by atoms with Crippen molar-refractivity contribution in [3.05, 3.63) is 29.8 Å². The first-order chi connectivity index (χ1) is 8.72. The third-order valence-corrected chi connectivity index (χ3v) is 3.25. The number of rotatable bonds is 5. The Kier molecular flexibility index (Phi) is 4.20. The number of likely N-dealkylation sites (tertiary alicyclic amines) is 1. The van der Waals surface area contributed by atoms with Crippen LogP contribution in [0.5, 0.6) is 5.75 Å². The summed E-state index contributed by atoms with van der Waals surface area (Å²) in [5.74, 6) is 0.00729. The van der Waals surface area contributed by atoms with Crippen molar-refractivity contribution in [1.82, 2.24) is 4.90 Å². The third-order valence-electron chi connectivity index (χ3n) is 3.25. The van der Waals surface area contributed by atoms with Gasteiger partial charge in [-0.3, -0.25) is 9.69 Å². The van der Waals surface area contributed by atoms with Gasteiger partial charge in [-0.05, 0) is 50.6 Å². The van der Waals surface area contributed by atoms with Crippen molar-refractivity contribution in [2.45, 2.75) is 25.8 Å². The fraction of sp³-hybridized carbons (Fsp3) is 0.500. The largest absolute Gasteiger partial charge is 0.494 e. The van der Waals surface area contributed by atoms with Crippen LogP contribution in [0.25, 0.3) is 0 Å². The van der Waals surface area contributed by atoms with Crippen LogP contribution in [-0.2, 0) is 4.79 Å². The fourth-order valence-corrected chi connectivity index (χ4v) is 2.42. The molecule has 1 saturated heterocycles. The molecule has 98 valence electrons. The molecule has 1 heterocycles. The number of carbonyl (C=O) groups is 1. The summed E-state index contributed by atoms with van der Waals surface area (Å²) in [5.41, 5.74) is 0.827. The van der Waals surface area contributed by atoms with Gasteiger partial charge in [-0.15, -0.1) is 0 Å². The molecule has 0 saturated carbocycles. The van der Waals surface area contributed by atoms with E-state index in [1.165, 1.54) is 0 Å². The van der Waals surface area contributed by atoms with E-state index in [9.17, 15) is 9.90 Å². The van der Waals surface area contributed by atoms with E-state index in [1.807, 2.05) is 36.1 Å². The summed E-state index contributed by atoms with van der Waals surface area (Å²) >= 11 is 0. The molecule has 0 spiro atoms. The van der Waals surface area contributed by atoms with Crippen LogP contribution in [0.2, 0.25) is 0 Å². The highest BCUT2D eigenvalue weighted by molar-refractivity contribution is 5.75. The molecule has 0 radical (unpaired) electrons. The number of nitrogens with zero attached hydrogens (tertiary/aromatic N) is 1. The molecule has 1 unspecified atom stereocenters. The Morgan fingerprint density at radius 1 is 1.33 bits per heavy atom. The van der Waals surface area contributed by atoms with Crippen LogP contribution in [-0.4, -0.2) is 35.7 Å². The average molecular weight is 249 g/mol. The van der Waals surface area contributed by atoms with Crippen LogP contribution in [0.3, 0.4) is 0 Å². The lowest BCUT2D eigenvalue weighted by Gasteiger charge is -2.24. The van der Waals surface area contributed by atoms with Gasteiger partial charge in [0.2, 0.25) is 0 Å². The van der Waals surface area contributed by atoms with E-state index >= 15 is 0 Å². The Morgan fingerprint density at radius 2 is 1.94 bits per heavy atom. The van der Waals surface area contributed by atoms with Gasteiger partial charge >= 0.3 is 5.97 Å². The minimum Gasteiger partial charge on any atom is -0.494 e. The first kappa shape index (κ1) is 12.9. The summed E-state index contributed by atoms with van der Waals surface area (Å²) in [5, 5.41) is 9.39. The van der Waals surface area contributed by atoms with Gasteiger partial charge in [-0.1, -0.05) is 12.1 Å². The van der Waals surface area contributed by atoms with E-state index in [0.717, 1.165) is 37.2 Å². The molecule has 1 atom stereocenters. The highest BCUT2D eigenvalue weighted by Gasteiger charge is 2.29. The number of ether oxygens (including phenoxy) is 1. The molecule has 1 aliphatic rings. The minimum absolute atomic E-state index is 0.525. The quantitative estimate of drug-likeness (QED) is 0.870. The number of aliphatic carboxylic acids is 1. The number of hydrogen-bond acceptors (Lipinski definition) is 3. The summed E-state index contributed by atoms with van der Waals surface area (Å²) in [6, 6.07) is 6.85. The summed E-state index contributed by atoms with van der Waals surface area (Å²) in [4.78, 5) is 13.5. The van der Waals surface area contributed by atoms with Crippen molar-refractivity contribution >= 4 is 5.97 Å². The molecule has 4 heteroatoms. The molecule has 0 bridgehead atoms. The van der Waals surface area contributed by atoms with Crippen LogP contribution in [0.4, 0.5) is 0 Å². The molecule has 18 heavy (non-hydrogen) atoms. The molecule has 0 amide bonds. The van der Waals surface area contributed by atoms with Gasteiger partial charge in [0.15, 0.2) is 0 Å². The van der Waals surface area contributed by atoms with E-state index in [-0.39, 0.29) is 0 Å². The molecule has 0 aliphatic carbocycles. The van der Waals surface area contributed by atoms with Gasteiger partial charge < -0.3 is 9.84 Å². The summed E-state index contributed by atoms with van der Waals surface area (Å²) in [6.07, 6.45) is 2.17. The predicted molar refractivity (Wildman–Crippen MR) is 68.8 cm³/mol. The Hall–Kier alpha value is -1.55. The van der Waals surface area contributed by atoms with Crippen LogP contribution >= 0.6 is 0 Å². The van der Waals surface area contributed by atoms with E-state index in [0.29, 0.717) is 6.61 Å². The van der Waals surface area contributed by atoms with Gasteiger partial charge in [-0.2, -0.15) is 0 Å². The molecule has 1 N–H and O–H groups in total. The third kappa shape index (κ3) is 2.82. The van der Waals surface area contributed by atoms with Crippen molar-refractivity contribution in [3.8, 4) is 5.75 Å². The number of benzene rings is 1. The van der Waals surface area contributed by atoms with E-state index in [4.69, 9.17) is 4.74 Å². The molecular weight excluding hydrogens is 230 g/mol. The first-order valence-electron chi connectivity index (χ1n) is 6.42. The lowest BCUT2D eigenvalue weighted by molar-refractivity contribution is -0.143. The molecule has 0 aromatic heterocycles. The van der Waals surface area contributed by atoms with Crippen LogP contribution in [0, 0.1) is 0 Å². The Labute approximate surface area is 107 Å². The molecule has 1 aromatic rings. The lowest BCUT2D eigenvalue weighted by atomic mass is 10.1. The zero-order chi connectivity index (χ0) is 13.0. The second-order valence-electron chi connectivity index (χ2n) is 4.49. The van der Waals surface area contributed by atoms with Crippen molar-refractivity contribution in [3.63, 3.8) is 0 Å². The van der Waals surface area contributed by atoms with Crippen LogP contribution in [0.1, 0.15) is 31.4 Å². The molecule has 1 aromatic carbocycles. The highest BCUT2D eigenvalue weighted by atomic mass is 16.5. The first-order valence-corrected chi connectivity index (χ1v) is 6.42. The van der Waals surface area contributed by atoms with Gasteiger partial charge in [-0.25, -0.2) is 0 Å². The maximum absolute atomic E-state index is 11.4. The van der Waals surface area contributed by atoms with Crippen molar-refractivity contribution < 1.29 is 14.6 Å². The van der Waals surface area contributed by atoms with Gasteiger partial charge in [0.1, 0.15) is 11.8 Å². The zero-order valence-corrected chi connectivity index (χ0v) is 10.6. The predicted octanol–water partition coefficient (Wildman–Crippen LogP) is 2.31. The molecular formula is C14H19NO3. The highest BCUT2D eigenvalue weighted by Crippen LogP contribution is 2.26. The monoisotopic (exact) mass is 249 g/mol. The van der Waals surface area contributed by atoms with Crippen molar-refractivity contribution in [1.29, 1.82) is 0 Å². The van der Waals surface area contributed by atoms with Crippen molar-refractivity contribution in [2.24, 2.45) is 0 Å². The van der Waals surface area contributed by atoms with E-state index in [1.54, 1.807) is 0 Å². The Morgan fingerprint density at radius 3 is 2.44 bits per heavy atom. The maximum atomic E-state index is 11.4. The average Bonchev–Trinajstić information content (AvgIpc) is 2.85. The number of carboxylic acids is 1. The van der Waals surface area contributed by atoms with Gasteiger partial charge in [0.25, 0.3) is 0 Å². The van der Waals surface area contributed by atoms with E-state index in [2.05, 4.69) is 0 Å². The Bertz CT molecular complexity index is 396. The fourth-order valence-electron chi connectivity index (χ4n) is 2.42. The second-order valence-corrected chi connectivity index (χ2v) is 4.49. The van der Waals surface area contributed by atoms with Gasteiger partial charge in [0.05, 0.1) is 6.61 Å². The molecule has 1 aliphatic heterocycles. The van der Waals surface area contributed by atoms with Gasteiger partial charge in [0, 0.05) is 0 Å². The minimum atomic E-state index is -0.777. The lowest BCUT2D eigenvalue weighted by Crippen LogP contribution is -2.31. The summed E-state index contributed by atoms with van der Waals surface area (Å²) in [6.45, 7) is 4.28. The summed E-state index contributed by atoms with van der Waals surface area (Å²) in [7, 11) is 0. The normalized spacial score (nSPS) is 17.6. The topological polar surface area (TPSA) is 49.8 Å². The molecule has 2 rings (SSSR count). The van der Waals surface area contributed by atoms with Crippen molar-refractivity contribution in [2.75, 3.05) is 19.7 Å². The second kappa shape index (κ2) is 5.87. The molecule has 1 fully saturated rings. The summed E-state index contributed by atoms with van der Waals surface area (Å²) < 4.78 is 5.37. The van der Waals surface area contributed by atoms with E-state index < -0.39 is 12.0 Å². The maximum Gasteiger partial charge on any atom is 0.325 e. The van der Waals surface area contributed by atoms with Crippen LogP contribution < -0.4 is 4.74 Å². The SMILES string of the molecule is CCOc1ccc(C(C(=O)O)N2CCCC2)cc1. The smallest absolute Gasteiger partial charge is 0.325 e.